The number of alkyl halides is 3. The van der Waals surface area contributed by atoms with Gasteiger partial charge >= 0.3 is 6.36 Å². The van der Waals surface area contributed by atoms with Crippen LogP contribution in [0, 0.1) is 3.57 Å². The Labute approximate surface area is 86.0 Å². The van der Waals surface area contributed by atoms with Crippen LogP contribution in [0.5, 0.6) is 5.75 Å². The molecule has 0 unspecified atom stereocenters. The third-order valence-corrected chi connectivity index (χ3v) is 1.87. The minimum atomic E-state index is -4.70. The maximum atomic E-state index is 11.8. The Morgan fingerprint density at radius 1 is 1.31 bits per heavy atom. The summed E-state index contributed by atoms with van der Waals surface area (Å²) >= 11 is 1.87. The van der Waals surface area contributed by atoms with Crippen molar-refractivity contribution in [2.75, 3.05) is 5.73 Å². The maximum Gasteiger partial charge on any atom is 0.573 e. The van der Waals surface area contributed by atoms with E-state index in [1.165, 1.54) is 12.1 Å². The summed E-state index contributed by atoms with van der Waals surface area (Å²) in [7, 11) is 0. The number of hydrogen-bond donors (Lipinski definition) is 1. The van der Waals surface area contributed by atoms with Crippen LogP contribution >= 0.6 is 22.6 Å². The van der Waals surface area contributed by atoms with E-state index in [-0.39, 0.29) is 11.4 Å². The molecule has 2 N–H and O–H groups in total. The predicted molar refractivity (Wildman–Crippen MR) is 50.3 cm³/mol. The van der Waals surface area contributed by atoms with Crippen molar-refractivity contribution in [2.24, 2.45) is 0 Å². The van der Waals surface area contributed by atoms with Crippen molar-refractivity contribution in [2.45, 2.75) is 6.36 Å². The Balaban J connectivity index is 2.94. The molecule has 0 aliphatic rings. The number of nitrogen functional groups attached to an aromatic ring is 1. The molecule has 0 saturated carbocycles. The standard InChI is InChI=1S/C7H5F3INO/c8-7(9,10)13-6-3-4(11)1-2-5(6)12/h1-3H,12H2. The summed E-state index contributed by atoms with van der Waals surface area (Å²) in [5, 5.41) is 0. The predicted octanol–water partition coefficient (Wildman–Crippen LogP) is 2.77. The summed E-state index contributed by atoms with van der Waals surface area (Å²) in [4.78, 5) is 0. The molecule has 0 radical (unpaired) electrons. The van der Waals surface area contributed by atoms with Crippen LogP contribution < -0.4 is 10.5 Å². The molecule has 13 heavy (non-hydrogen) atoms. The van der Waals surface area contributed by atoms with E-state index in [0.29, 0.717) is 3.57 Å². The van der Waals surface area contributed by atoms with Crippen LogP contribution in [-0.2, 0) is 0 Å². The highest BCUT2D eigenvalue weighted by molar-refractivity contribution is 14.1. The second kappa shape index (κ2) is 3.60. The molecule has 0 heterocycles. The van der Waals surface area contributed by atoms with Crippen molar-refractivity contribution < 1.29 is 17.9 Å². The molecule has 0 bridgehead atoms. The van der Waals surface area contributed by atoms with Crippen molar-refractivity contribution in [3.63, 3.8) is 0 Å². The van der Waals surface area contributed by atoms with Gasteiger partial charge in [0.2, 0.25) is 0 Å². The Hall–Kier alpha value is -0.660. The summed E-state index contributed by atoms with van der Waals surface area (Å²) in [5.41, 5.74) is 5.24. The van der Waals surface area contributed by atoms with Gasteiger partial charge in [0, 0.05) is 3.57 Å². The van der Waals surface area contributed by atoms with Crippen LogP contribution in [0.3, 0.4) is 0 Å². The van der Waals surface area contributed by atoms with Gasteiger partial charge < -0.3 is 10.5 Å². The second-order valence-electron chi connectivity index (χ2n) is 2.23. The number of nitrogens with two attached hydrogens (primary N) is 1. The van der Waals surface area contributed by atoms with Crippen LogP contribution in [0.4, 0.5) is 18.9 Å². The van der Waals surface area contributed by atoms with Gasteiger partial charge in [0.1, 0.15) is 0 Å². The molecule has 0 spiro atoms. The van der Waals surface area contributed by atoms with Crippen LogP contribution in [0.25, 0.3) is 0 Å². The Morgan fingerprint density at radius 3 is 2.46 bits per heavy atom. The second-order valence-corrected chi connectivity index (χ2v) is 3.48. The molecule has 0 aliphatic carbocycles. The van der Waals surface area contributed by atoms with E-state index in [9.17, 15) is 13.2 Å². The molecule has 6 heteroatoms. The topological polar surface area (TPSA) is 35.2 Å². The van der Waals surface area contributed by atoms with Gasteiger partial charge in [-0.2, -0.15) is 0 Å². The molecule has 1 aromatic carbocycles. The van der Waals surface area contributed by atoms with Gasteiger partial charge in [-0.05, 0) is 40.8 Å². The lowest BCUT2D eigenvalue weighted by atomic mass is 10.3. The van der Waals surface area contributed by atoms with E-state index >= 15 is 0 Å². The highest BCUT2D eigenvalue weighted by Gasteiger charge is 2.31. The molecule has 72 valence electrons. The van der Waals surface area contributed by atoms with E-state index in [0.717, 1.165) is 0 Å². The highest BCUT2D eigenvalue weighted by Crippen LogP contribution is 2.29. The number of anilines is 1. The number of halogens is 4. The Kier molecular flexibility index (Phi) is 2.89. The molecule has 0 saturated heterocycles. The molecule has 0 fully saturated rings. The average molecular weight is 303 g/mol. The summed E-state index contributed by atoms with van der Waals surface area (Å²) in [6.45, 7) is 0. The number of ether oxygens (including phenoxy) is 1. The van der Waals surface area contributed by atoms with Gasteiger partial charge in [0.05, 0.1) is 5.69 Å². The molecular formula is C7H5F3INO. The zero-order valence-electron chi connectivity index (χ0n) is 6.23. The molecule has 0 atom stereocenters. The lowest BCUT2D eigenvalue weighted by Gasteiger charge is -2.10. The van der Waals surface area contributed by atoms with Crippen molar-refractivity contribution in [1.29, 1.82) is 0 Å². The fourth-order valence-corrected chi connectivity index (χ4v) is 1.18. The Bertz CT molecular complexity index is 313. The Morgan fingerprint density at radius 2 is 1.92 bits per heavy atom. The molecular weight excluding hydrogens is 298 g/mol. The fourth-order valence-electron chi connectivity index (χ4n) is 0.721. The minimum Gasteiger partial charge on any atom is -0.404 e. The van der Waals surface area contributed by atoms with Gasteiger partial charge in [-0.3, -0.25) is 0 Å². The first-order valence-electron chi connectivity index (χ1n) is 3.19. The van der Waals surface area contributed by atoms with E-state index < -0.39 is 6.36 Å². The van der Waals surface area contributed by atoms with Crippen LogP contribution in [0.1, 0.15) is 0 Å². The van der Waals surface area contributed by atoms with Crippen LogP contribution in [-0.4, -0.2) is 6.36 Å². The SMILES string of the molecule is Nc1ccc(I)cc1OC(F)(F)F. The van der Waals surface area contributed by atoms with Gasteiger partial charge in [0.15, 0.2) is 5.75 Å². The third kappa shape index (κ3) is 3.29. The van der Waals surface area contributed by atoms with E-state index in [2.05, 4.69) is 4.74 Å². The average Bonchev–Trinajstić information content (AvgIpc) is 1.94. The number of hydrogen-bond acceptors (Lipinski definition) is 2. The van der Waals surface area contributed by atoms with Gasteiger partial charge in [-0.1, -0.05) is 0 Å². The summed E-state index contributed by atoms with van der Waals surface area (Å²) in [5.74, 6) is -0.362. The van der Waals surface area contributed by atoms with Crippen molar-refractivity contribution in [3.8, 4) is 5.75 Å². The smallest absolute Gasteiger partial charge is 0.404 e. The summed E-state index contributed by atoms with van der Waals surface area (Å²) in [6.07, 6.45) is -4.70. The molecule has 1 aromatic rings. The highest BCUT2D eigenvalue weighted by atomic mass is 127. The molecule has 2 nitrogen and oxygen atoms in total. The van der Waals surface area contributed by atoms with Crippen molar-refractivity contribution in [3.05, 3.63) is 21.8 Å². The van der Waals surface area contributed by atoms with E-state index in [4.69, 9.17) is 5.73 Å². The molecule has 0 aliphatic heterocycles. The molecule has 0 aromatic heterocycles. The fraction of sp³-hybridized carbons (Fsp3) is 0.143. The van der Waals surface area contributed by atoms with Crippen LogP contribution in [0.15, 0.2) is 18.2 Å². The maximum absolute atomic E-state index is 11.8. The molecule has 0 amide bonds. The van der Waals surface area contributed by atoms with Gasteiger partial charge in [-0.15, -0.1) is 13.2 Å². The largest absolute Gasteiger partial charge is 0.573 e. The summed E-state index contributed by atoms with van der Waals surface area (Å²) < 4.78 is 39.6. The van der Waals surface area contributed by atoms with Crippen molar-refractivity contribution >= 4 is 28.3 Å². The van der Waals surface area contributed by atoms with E-state index in [1.54, 1.807) is 6.07 Å². The quantitative estimate of drug-likeness (QED) is 0.639. The zero-order valence-corrected chi connectivity index (χ0v) is 8.39. The minimum absolute atomic E-state index is 0.0299. The lowest BCUT2D eigenvalue weighted by Crippen LogP contribution is -2.18. The third-order valence-electron chi connectivity index (χ3n) is 1.20. The van der Waals surface area contributed by atoms with Crippen LogP contribution in [0.2, 0.25) is 0 Å². The van der Waals surface area contributed by atoms with Crippen molar-refractivity contribution in [1.82, 2.24) is 0 Å². The lowest BCUT2D eigenvalue weighted by molar-refractivity contribution is -0.274. The first-order chi connectivity index (χ1) is 5.88. The first-order valence-corrected chi connectivity index (χ1v) is 4.27. The van der Waals surface area contributed by atoms with E-state index in [1.807, 2.05) is 22.6 Å². The normalized spacial score (nSPS) is 11.4. The zero-order chi connectivity index (χ0) is 10.1. The summed E-state index contributed by atoms with van der Waals surface area (Å²) in [6, 6.07) is 4.19. The van der Waals surface area contributed by atoms with Gasteiger partial charge in [0.25, 0.3) is 0 Å². The molecule has 1 rings (SSSR count). The van der Waals surface area contributed by atoms with Gasteiger partial charge in [-0.25, -0.2) is 0 Å². The number of benzene rings is 1. The monoisotopic (exact) mass is 303 g/mol. The number of rotatable bonds is 1. The first kappa shape index (κ1) is 10.4.